The van der Waals surface area contributed by atoms with Crippen LogP contribution >= 0.6 is 0 Å². The summed E-state index contributed by atoms with van der Waals surface area (Å²) in [6.07, 6.45) is 1.38. The zero-order valence-electron chi connectivity index (χ0n) is 16.6. The van der Waals surface area contributed by atoms with Gasteiger partial charge in [0.2, 0.25) is 21.8 Å². The van der Waals surface area contributed by atoms with E-state index in [2.05, 4.69) is 5.32 Å². The molecule has 0 aromatic heterocycles. The van der Waals surface area contributed by atoms with Crippen molar-refractivity contribution in [1.29, 1.82) is 0 Å². The standard InChI is InChI=1S/C19H28N4O4S/c1-14(24)20-17-10-15-4-5-18(12-16(15)11-17)28(26,27)23-8-6-22(7-9-23)13-19(25)21(2)3/h4-5,12,17H,6-11,13H2,1-3H3,(H,20,24). The van der Waals surface area contributed by atoms with Crippen LogP contribution in [0.4, 0.5) is 0 Å². The number of carbonyl (C=O) groups is 2. The van der Waals surface area contributed by atoms with E-state index in [4.69, 9.17) is 0 Å². The number of carbonyl (C=O) groups excluding carboxylic acids is 2. The van der Waals surface area contributed by atoms with Gasteiger partial charge in [0.05, 0.1) is 11.4 Å². The van der Waals surface area contributed by atoms with Crippen molar-refractivity contribution >= 4 is 21.8 Å². The first-order valence-electron chi connectivity index (χ1n) is 9.48. The maximum absolute atomic E-state index is 13.0. The maximum Gasteiger partial charge on any atom is 0.243 e. The highest BCUT2D eigenvalue weighted by Crippen LogP contribution is 2.27. The predicted octanol–water partition coefficient (Wildman–Crippen LogP) is -0.316. The molecular weight excluding hydrogens is 380 g/mol. The normalized spacial score (nSPS) is 20.6. The van der Waals surface area contributed by atoms with Gasteiger partial charge >= 0.3 is 0 Å². The lowest BCUT2D eigenvalue weighted by atomic mass is 10.1. The molecule has 28 heavy (non-hydrogen) atoms. The smallest absolute Gasteiger partial charge is 0.243 e. The topological polar surface area (TPSA) is 90.0 Å². The van der Waals surface area contributed by atoms with Gasteiger partial charge in [0.15, 0.2) is 0 Å². The molecule has 1 saturated heterocycles. The molecule has 1 unspecified atom stereocenters. The third-order valence-corrected chi connectivity index (χ3v) is 7.24. The lowest BCUT2D eigenvalue weighted by molar-refractivity contribution is -0.130. The fourth-order valence-electron chi connectivity index (χ4n) is 3.75. The Bertz CT molecular complexity index is 861. The van der Waals surface area contributed by atoms with E-state index in [1.165, 1.54) is 11.2 Å². The average Bonchev–Trinajstić information content (AvgIpc) is 3.02. The Morgan fingerprint density at radius 1 is 1.11 bits per heavy atom. The summed E-state index contributed by atoms with van der Waals surface area (Å²) in [4.78, 5) is 26.9. The summed E-state index contributed by atoms with van der Waals surface area (Å²) in [6.45, 7) is 3.61. The molecule has 2 aliphatic rings. The number of sulfonamides is 1. The molecule has 0 saturated carbocycles. The van der Waals surface area contributed by atoms with Crippen molar-refractivity contribution in [2.24, 2.45) is 0 Å². The van der Waals surface area contributed by atoms with Crippen LogP contribution in [-0.4, -0.2) is 87.2 Å². The highest BCUT2D eigenvalue weighted by molar-refractivity contribution is 7.89. The van der Waals surface area contributed by atoms with E-state index in [0.29, 0.717) is 44.0 Å². The van der Waals surface area contributed by atoms with Crippen molar-refractivity contribution in [2.75, 3.05) is 46.8 Å². The summed E-state index contributed by atoms with van der Waals surface area (Å²) in [5, 5.41) is 2.90. The van der Waals surface area contributed by atoms with E-state index in [9.17, 15) is 18.0 Å². The predicted molar refractivity (Wildman–Crippen MR) is 105 cm³/mol. The minimum Gasteiger partial charge on any atom is -0.353 e. The third-order valence-electron chi connectivity index (χ3n) is 5.34. The van der Waals surface area contributed by atoms with E-state index in [0.717, 1.165) is 17.5 Å². The second kappa shape index (κ2) is 8.18. The van der Waals surface area contributed by atoms with Gasteiger partial charge in [-0.05, 0) is 36.1 Å². The van der Waals surface area contributed by atoms with Crippen molar-refractivity contribution in [2.45, 2.75) is 30.7 Å². The number of benzene rings is 1. The molecule has 1 atom stereocenters. The summed E-state index contributed by atoms with van der Waals surface area (Å²) in [5.74, 6) is -0.0556. The molecule has 1 aromatic carbocycles. The van der Waals surface area contributed by atoms with Gasteiger partial charge in [0.1, 0.15) is 0 Å². The van der Waals surface area contributed by atoms with Gasteiger partial charge in [-0.3, -0.25) is 14.5 Å². The SMILES string of the molecule is CC(=O)NC1Cc2ccc(S(=O)(=O)N3CCN(CC(=O)N(C)C)CC3)cc2C1. The number of rotatable bonds is 5. The Labute approximate surface area is 166 Å². The Kier molecular flexibility index (Phi) is 6.07. The number of nitrogens with one attached hydrogen (secondary N) is 1. The molecule has 1 aliphatic carbocycles. The Hall–Kier alpha value is -1.97. The van der Waals surface area contributed by atoms with Crippen LogP contribution in [0.2, 0.25) is 0 Å². The lowest BCUT2D eigenvalue weighted by Gasteiger charge is -2.34. The highest BCUT2D eigenvalue weighted by atomic mass is 32.2. The fraction of sp³-hybridized carbons (Fsp3) is 0.579. The van der Waals surface area contributed by atoms with Gasteiger partial charge in [0.25, 0.3) is 0 Å². The molecular formula is C19H28N4O4S. The van der Waals surface area contributed by atoms with Crippen LogP contribution in [0.5, 0.6) is 0 Å². The van der Waals surface area contributed by atoms with Crippen LogP contribution in [0.1, 0.15) is 18.1 Å². The van der Waals surface area contributed by atoms with E-state index in [-0.39, 0.29) is 17.9 Å². The number of piperazine rings is 1. The first kappa shape index (κ1) is 20.8. The summed E-state index contributed by atoms with van der Waals surface area (Å²) in [5.41, 5.74) is 2.07. The molecule has 8 nitrogen and oxygen atoms in total. The Balaban J connectivity index is 1.65. The number of nitrogens with zero attached hydrogens (tertiary/aromatic N) is 3. The van der Waals surface area contributed by atoms with Crippen LogP contribution < -0.4 is 5.32 Å². The number of likely N-dealkylation sites (N-methyl/N-ethyl adjacent to an activating group) is 1. The second-order valence-electron chi connectivity index (χ2n) is 7.70. The number of hydrogen-bond acceptors (Lipinski definition) is 5. The lowest BCUT2D eigenvalue weighted by Crippen LogP contribution is -2.50. The largest absolute Gasteiger partial charge is 0.353 e. The van der Waals surface area contributed by atoms with Crippen molar-refractivity contribution in [1.82, 2.24) is 19.4 Å². The first-order chi connectivity index (χ1) is 13.2. The van der Waals surface area contributed by atoms with Crippen molar-refractivity contribution in [3.05, 3.63) is 29.3 Å². The fourth-order valence-corrected chi connectivity index (χ4v) is 5.23. The number of hydrogen-bond donors (Lipinski definition) is 1. The van der Waals surface area contributed by atoms with E-state index in [1.54, 1.807) is 31.1 Å². The van der Waals surface area contributed by atoms with Crippen molar-refractivity contribution < 1.29 is 18.0 Å². The highest BCUT2D eigenvalue weighted by Gasteiger charge is 2.31. The van der Waals surface area contributed by atoms with Crippen LogP contribution in [0, 0.1) is 0 Å². The molecule has 1 aromatic rings. The molecule has 0 radical (unpaired) electrons. The van der Waals surface area contributed by atoms with Crippen molar-refractivity contribution in [3.8, 4) is 0 Å². The van der Waals surface area contributed by atoms with Crippen LogP contribution in [0.25, 0.3) is 0 Å². The monoisotopic (exact) mass is 408 g/mol. The molecule has 2 amide bonds. The molecule has 1 fully saturated rings. The molecule has 1 heterocycles. The summed E-state index contributed by atoms with van der Waals surface area (Å²) >= 11 is 0. The van der Waals surface area contributed by atoms with Crippen LogP contribution in [-0.2, 0) is 32.5 Å². The second-order valence-corrected chi connectivity index (χ2v) is 9.64. The van der Waals surface area contributed by atoms with Gasteiger partial charge in [0, 0.05) is 53.2 Å². The van der Waals surface area contributed by atoms with E-state index >= 15 is 0 Å². The Morgan fingerprint density at radius 2 is 1.75 bits per heavy atom. The summed E-state index contributed by atoms with van der Waals surface area (Å²) in [6, 6.07) is 5.29. The zero-order chi connectivity index (χ0) is 20.5. The summed E-state index contributed by atoms with van der Waals surface area (Å²) in [7, 11) is -0.137. The first-order valence-corrected chi connectivity index (χ1v) is 10.9. The molecule has 1 N–H and O–H groups in total. The quantitative estimate of drug-likeness (QED) is 0.722. The van der Waals surface area contributed by atoms with Gasteiger partial charge in [-0.1, -0.05) is 6.07 Å². The summed E-state index contributed by atoms with van der Waals surface area (Å²) < 4.78 is 27.6. The van der Waals surface area contributed by atoms with Crippen LogP contribution in [0.3, 0.4) is 0 Å². The van der Waals surface area contributed by atoms with Gasteiger partial charge < -0.3 is 10.2 Å². The number of fused-ring (bicyclic) bond motifs is 1. The zero-order valence-corrected chi connectivity index (χ0v) is 17.5. The maximum atomic E-state index is 13.0. The van der Waals surface area contributed by atoms with Gasteiger partial charge in [-0.15, -0.1) is 0 Å². The van der Waals surface area contributed by atoms with E-state index < -0.39 is 10.0 Å². The molecule has 9 heteroatoms. The molecule has 154 valence electrons. The molecule has 0 bridgehead atoms. The third kappa shape index (κ3) is 4.53. The van der Waals surface area contributed by atoms with E-state index in [1.807, 2.05) is 11.0 Å². The molecule has 0 spiro atoms. The minimum absolute atomic E-state index is 0.0173. The molecule has 3 rings (SSSR count). The Morgan fingerprint density at radius 3 is 2.36 bits per heavy atom. The molecule has 1 aliphatic heterocycles. The van der Waals surface area contributed by atoms with Crippen LogP contribution in [0.15, 0.2) is 23.1 Å². The average molecular weight is 409 g/mol. The minimum atomic E-state index is -3.57. The number of amides is 2. The van der Waals surface area contributed by atoms with Crippen molar-refractivity contribution in [3.63, 3.8) is 0 Å². The van der Waals surface area contributed by atoms with Gasteiger partial charge in [-0.25, -0.2) is 8.42 Å². The van der Waals surface area contributed by atoms with Gasteiger partial charge in [-0.2, -0.15) is 4.31 Å².